The minimum atomic E-state index is -4.46. The summed E-state index contributed by atoms with van der Waals surface area (Å²) in [5.74, 6) is -0.00749. The maximum atomic E-state index is 13.4. The standard InChI is InChI=1S/C27H22ClF3N4OS/c1-15-12-20(16(2)34(15)19-7-5-6-17(13-19)27(29,30)31)25-24(21-8-3-4-11-32-21)33-26(37)35(25)22-14-18(28)9-10-23(22)36/h3-14,24-25,36H,1-2H3,(H,33,37)/t24-,25-/m1/s1. The van der Waals surface area contributed by atoms with Crippen LogP contribution in [0.5, 0.6) is 5.75 Å². The molecule has 3 heterocycles. The number of rotatable bonds is 4. The third-order valence-corrected chi connectivity index (χ3v) is 7.07. The number of aryl methyl sites for hydroxylation is 1. The Kier molecular flexibility index (Phi) is 6.37. The monoisotopic (exact) mass is 542 g/mol. The van der Waals surface area contributed by atoms with Gasteiger partial charge in [0.05, 0.1) is 29.0 Å². The highest BCUT2D eigenvalue weighted by Gasteiger charge is 2.43. The fourth-order valence-corrected chi connectivity index (χ4v) is 5.43. The zero-order chi connectivity index (χ0) is 26.5. The van der Waals surface area contributed by atoms with E-state index in [1.54, 1.807) is 33.9 Å². The van der Waals surface area contributed by atoms with Crippen molar-refractivity contribution >= 4 is 34.6 Å². The average molecular weight is 543 g/mol. The molecule has 10 heteroatoms. The van der Waals surface area contributed by atoms with Crippen LogP contribution in [-0.4, -0.2) is 19.8 Å². The molecule has 0 saturated carbocycles. The number of thiocarbonyl (C=S) groups is 1. The lowest BCUT2D eigenvalue weighted by atomic mass is 9.96. The topological polar surface area (TPSA) is 53.3 Å². The number of anilines is 1. The summed E-state index contributed by atoms with van der Waals surface area (Å²) in [7, 11) is 0. The number of nitrogens with one attached hydrogen (secondary N) is 1. The zero-order valence-corrected chi connectivity index (χ0v) is 21.4. The molecule has 0 bridgehead atoms. The second-order valence-electron chi connectivity index (χ2n) is 8.84. The van der Waals surface area contributed by atoms with E-state index in [-0.39, 0.29) is 5.75 Å². The van der Waals surface area contributed by atoms with Crippen LogP contribution in [0.4, 0.5) is 18.9 Å². The fraction of sp³-hybridized carbons (Fsp3) is 0.185. The Bertz CT molecular complexity index is 1490. The Morgan fingerprint density at radius 1 is 1.03 bits per heavy atom. The number of phenols is 1. The van der Waals surface area contributed by atoms with Gasteiger partial charge >= 0.3 is 6.18 Å². The molecule has 5 nitrogen and oxygen atoms in total. The molecule has 0 unspecified atom stereocenters. The molecule has 1 fully saturated rings. The van der Waals surface area contributed by atoms with Gasteiger partial charge in [-0.3, -0.25) is 4.98 Å². The summed E-state index contributed by atoms with van der Waals surface area (Å²) in [6.07, 6.45) is -2.77. The largest absolute Gasteiger partial charge is 0.506 e. The first-order valence-corrected chi connectivity index (χ1v) is 12.2. The number of halogens is 4. The van der Waals surface area contributed by atoms with E-state index < -0.39 is 23.8 Å². The predicted octanol–water partition coefficient (Wildman–Crippen LogP) is 7.04. The molecule has 0 radical (unpaired) electrons. The molecule has 4 aromatic rings. The molecule has 190 valence electrons. The summed E-state index contributed by atoms with van der Waals surface area (Å²) in [6.45, 7) is 3.70. The number of phenolic OH excluding ortho intramolecular Hbond substituents is 1. The Labute approximate surface area is 222 Å². The highest BCUT2D eigenvalue weighted by molar-refractivity contribution is 7.80. The molecule has 0 spiro atoms. The summed E-state index contributed by atoms with van der Waals surface area (Å²) in [5.41, 5.74) is 3.12. The third-order valence-electron chi connectivity index (χ3n) is 6.52. The lowest BCUT2D eigenvalue weighted by Gasteiger charge is -2.28. The third kappa shape index (κ3) is 4.53. The first kappa shape index (κ1) is 25.1. The van der Waals surface area contributed by atoms with Crippen molar-refractivity contribution in [3.05, 3.63) is 106 Å². The fourth-order valence-electron chi connectivity index (χ4n) is 4.93. The molecule has 2 aromatic carbocycles. The Hall–Kier alpha value is -3.56. The number of alkyl halides is 3. The van der Waals surface area contributed by atoms with Gasteiger partial charge in [0.1, 0.15) is 5.75 Å². The van der Waals surface area contributed by atoms with Crippen LogP contribution in [-0.2, 0) is 6.18 Å². The Balaban J connectivity index is 1.70. The molecule has 37 heavy (non-hydrogen) atoms. The second kappa shape index (κ2) is 9.39. The van der Waals surface area contributed by atoms with Gasteiger partial charge in [-0.25, -0.2) is 0 Å². The van der Waals surface area contributed by atoms with E-state index in [1.807, 2.05) is 38.1 Å². The van der Waals surface area contributed by atoms with Gasteiger partial charge in [-0.2, -0.15) is 13.2 Å². The average Bonchev–Trinajstić information content (AvgIpc) is 3.35. The molecule has 1 aliphatic rings. The number of aromatic hydroxyl groups is 1. The van der Waals surface area contributed by atoms with Crippen molar-refractivity contribution in [3.63, 3.8) is 0 Å². The normalized spacial score (nSPS) is 17.8. The van der Waals surface area contributed by atoms with Crippen molar-refractivity contribution in [3.8, 4) is 11.4 Å². The van der Waals surface area contributed by atoms with Crippen molar-refractivity contribution in [2.45, 2.75) is 32.1 Å². The van der Waals surface area contributed by atoms with Crippen LogP contribution in [0.2, 0.25) is 5.02 Å². The minimum Gasteiger partial charge on any atom is -0.506 e. The highest BCUT2D eigenvalue weighted by Crippen LogP contribution is 2.46. The summed E-state index contributed by atoms with van der Waals surface area (Å²) in [4.78, 5) is 6.31. The number of pyridine rings is 1. The van der Waals surface area contributed by atoms with E-state index in [9.17, 15) is 18.3 Å². The van der Waals surface area contributed by atoms with E-state index in [1.165, 1.54) is 12.1 Å². The maximum absolute atomic E-state index is 13.4. The lowest BCUT2D eigenvalue weighted by molar-refractivity contribution is -0.137. The van der Waals surface area contributed by atoms with Crippen LogP contribution in [0.25, 0.3) is 5.69 Å². The molecule has 5 rings (SSSR count). The molecule has 0 amide bonds. The van der Waals surface area contributed by atoms with Gasteiger partial charge in [0.15, 0.2) is 5.11 Å². The Morgan fingerprint density at radius 2 is 1.81 bits per heavy atom. The van der Waals surface area contributed by atoms with Crippen LogP contribution < -0.4 is 10.2 Å². The van der Waals surface area contributed by atoms with Crippen molar-refractivity contribution in [1.82, 2.24) is 14.9 Å². The van der Waals surface area contributed by atoms with Crippen LogP contribution in [0.15, 0.2) is 72.9 Å². The zero-order valence-electron chi connectivity index (χ0n) is 19.8. The van der Waals surface area contributed by atoms with Crippen LogP contribution in [0.1, 0.15) is 40.3 Å². The number of nitrogens with zero attached hydrogens (tertiary/aromatic N) is 3. The molecule has 2 N–H and O–H groups in total. The van der Waals surface area contributed by atoms with Gasteiger partial charge in [-0.15, -0.1) is 0 Å². The van der Waals surface area contributed by atoms with Crippen molar-refractivity contribution < 1.29 is 18.3 Å². The van der Waals surface area contributed by atoms with E-state index in [0.29, 0.717) is 21.5 Å². The molecule has 1 aliphatic heterocycles. The van der Waals surface area contributed by atoms with Gasteiger partial charge in [-0.05, 0) is 86.2 Å². The van der Waals surface area contributed by atoms with Gasteiger partial charge < -0.3 is 19.9 Å². The summed E-state index contributed by atoms with van der Waals surface area (Å²) in [5, 5.41) is 14.8. The van der Waals surface area contributed by atoms with Crippen molar-refractivity contribution in [1.29, 1.82) is 0 Å². The minimum absolute atomic E-state index is 0.00749. The Morgan fingerprint density at radius 3 is 2.51 bits per heavy atom. The highest BCUT2D eigenvalue weighted by atomic mass is 35.5. The van der Waals surface area contributed by atoms with Gasteiger partial charge in [-0.1, -0.05) is 23.7 Å². The maximum Gasteiger partial charge on any atom is 0.416 e. The first-order valence-electron chi connectivity index (χ1n) is 11.4. The second-order valence-corrected chi connectivity index (χ2v) is 9.66. The number of benzene rings is 2. The molecule has 2 aromatic heterocycles. The lowest BCUT2D eigenvalue weighted by Crippen LogP contribution is -2.29. The quantitative estimate of drug-likeness (QED) is 0.271. The van der Waals surface area contributed by atoms with Crippen molar-refractivity contribution in [2.24, 2.45) is 0 Å². The molecule has 1 saturated heterocycles. The molecule has 2 atom stereocenters. The van der Waals surface area contributed by atoms with Crippen LogP contribution in [0, 0.1) is 13.8 Å². The molecule has 0 aliphatic carbocycles. The van der Waals surface area contributed by atoms with Gasteiger partial charge in [0, 0.05) is 28.3 Å². The predicted molar refractivity (Wildman–Crippen MR) is 141 cm³/mol. The number of aromatic nitrogens is 2. The van der Waals surface area contributed by atoms with Crippen LogP contribution >= 0.6 is 23.8 Å². The van der Waals surface area contributed by atoms with E-state index in [2.05, 4.69) is 10.3 Å². The number of hydrogen-bond donors (Lipinski definition) is 2. The molecular weight excluding hydrogens is 521 g/mol. The van der Waals surface area contributed by atoms with Crippen LogP contribution in [0.3, 0.4) is 0 Å². The summed E-state index contributed by atoms with van der Waals surface area (Å²) >= 11 is 12.0. The van der Waals surface area contributed by atoms with E-state index in [4.69, 9.17) is 23.8 Å². The first-order chi connectivity index (χ1) is 17.6. The van der Waals surface area contributed by atoms with E-state index in [0.717, 1.165) is 34.8 Å². The van der Waals surface area contributed by atoms with Crippen molar-refractivity contribution in [2.75, 3.05) is 4.90 Å². The van der Waals surface area contributed by atoms with Gasteiger partial charge in [0.2, 0.25) is 0 Å². The summed E-state index contributed by atoms with van der Waals surface area (Å²) < 4.78 is 42.1. The summed E-state index contributed by atoms with van der Waals surface area (Å²) in [6, 6.07) is 16.6. The number of hydrogen-bond acceptors (Lipinski definition) is 3. The SMILES string of the molecule is Cc1cc([C@@H]2[C@@H](c3ccccn3)NC(=S)N2c2cc(Cl)ccc2O)c(C)n1-c1cccc(C(F)(F)F)c1. The molecular formula is C27H22ClF3N4OS. The van der Waals surface area contributed by atoms with Gasteiger partial charge in [0.25, 0.3) is 0 Å². The smallest absolute Gasteiger partial charge is 0.416 e. The van der Waals surface area contributed by atoms with E-state index >= 15 is 0 Å².